The Morgan fingerprint density at radius 3 is 2.24 bits per heavy atom. The average Bonchev–Trinajstić information content (AvgIpc) is 2.30. The Bertz CT molecular complexity index is 565. The second-order valence-electron chi connectivity index (χ2n) is 3.75. The normalized spacial score (nSPS) is 11.4. The van der Waals surface area contributed by atoms with Gasteiger partial charge in [0.15, 0.2) is 5.03 Å². The lowest BCUT2D eigenvalue weighted by atomic mass is 10.3. The third kappa shape index (κ3) is 2.29. The molecule has 2 N–H and O–H groups in total. The Morgan fingerprint density at radius 2 is 1.71 bits per heavy atom. The molecule has 1 aromatic heterocycles. The van der Waals surface area contributed by atoms with E-state index in [0.717, 1.165) is 5.56 Å². The van der Waals surface area contributed by atoms with Crippen molar-refractivity contribution in [1.82, 2.24) is 4.98 Å². The summed E-state index contributed by atoms with van der Waals surface area (Å²) in [6.45, 7) is 1.85. The molecule has 0 bridgehead atoms. The van der Waals surface area contributed by atoms with Crippen LogP contribution in [0.4, 0.5) is 5.69 Å². The standard InChI is InChI=1S/C12H12N2O2S/c1-9-2-7-12(14-8-9)17(15,16)11-5-3-10(13)4-6-11/h2-8H,13H2,1H3. The van der Waals surface area contributed by atoms with Gasteiger partial charge in [-0.05, 0) is 42.8 Å². The Kier molecular flexibility index (Phi) is 2.85. The first-order valence-electron chi connectivity index (χ1n) is 5.03. The van der Waals surface area contributed by atoms with Gasteiger partial charge >= 0.3 is 0 Å². The van der Waals surface area contributed by atoms with Crippen LogP contribution in [0.15, 0.2) is 52.5 Å². The summed E-state index contributed by atoms with van der Waals surface area (Å²) in [5.41, 5.74) is 6.96. The summed E-state index contributed by atoms with van der Waals surface area (Å²) in [5.74, 6) is 0. The van der Waals surface area contributed by atoms with Crippen molar-refractivity contribution < 1.29 is 8.42 Å². The minimum absolute atomic E-state index is 0.0490. The van der Waals surface area contributed by atoms with Crippen LogP contribution in [0.5, 0.6) is 0 Å². The number of nitrogen functional groups attached to an aromatic ring is 1. The van der Waals surface area contributed by atoms with Crippen molar-refractivity contribution in [2.75, 3.05) is 5.73 Å². The molecule has 17 heavy (non-hydrogen) atoms. The first kappa shape index (κ1) is 11.6. The summed E-state index contributed by atoms with van der Waals surface area (Å²) in [6.07, 6.45) is 1.53. The Balaban J connectivity index is 2.50. The molecule has 0 saturated carbocycles. The van der Waals surface area contributed by atoms with Crippen LogP contribution in [-0.2, 0) is 9.84 Å². The quantitative estimate of drug-likeness (QED) is 0.822. The molecule has 4 nitrogen and oxygen atoms in total. The molecule has 0 aliphatic heterocycles. The van der Waals surface area contributed by atoms with Gasteiger partial charge in [0.2, 0.25) is 9.84 Å². The van der Waals surface area contributed by atoms with Crippen molar-refractivity contribution in [3.63, 3.8) is 0 Å². The number of aryl methyl sites for hydroxylation is 1. The molecule has 2 aromatic rings. The molecule has 0 aliphatic carbocycles. The zero-order valence-corrected chi connectivity index (χ0v) is 10.1. The molecule has 0 radical (unpaired) electrons. The highest BCUT2D eigenvalue weighted by Crippen LogP contribution is 2.19. The first-order valence-corrected chi connectivity index (χ1v) is 6.52. The van der Waals surface area contributed by atoms with E-state index in [1.165, 1.54) is 24.4 Å². The molecule has 88 valence electrons. The third-order valence-corrected chi connectivity index (χ3v) is 4.03. The topological polar surface area (TPSA) is 73.0 Å². The van der Waals surface area contributed by atoms with Gasteiger partial charge in [-0.25, -0.2) is 13.4 Å². The fraction of sp³-hybridized carbons (Fsp3) is 0.0833. The van der Waals surface area contributed by atoms with Crippen molar-refractivity contribution in [2.24, 2.45) is 0 Å². The van der Waals surface area contributed by atoms with Crippen molar-refractivity contribution in [2.45, 2.75) is 16.8 Å². The molecular weight excluding hydrogens is 236 g/mol. The average molecular weight is 248 g/mol. The van der Waals surface area contributed by atoms with Gasteiger partial charge in [0.05, 0.1) is 4.90 Å². The fourth-order valence-electron chi connectivity index (χ4n) is 1.38. The molecule has 2 rings (SSSR count). The summed E-state index contributed by atoms with van der Waals surface area (Å²) < 4.78 is 24.3. The number of nitrogens with two attached hydrogens (primary N) is 1. The maximum absolute atomic E-state index is 12.2. The second-order valence-corrected chi connectivity index (χ2v) is 5.64. The highest BCUT2D eigenvalue weighted by molar-refractivity contribution is 7.91. The van der Waals surface area contributed by atoms with Crippen LogP contribution in [0.2, 0.25) is 0 Å². The Morgan fingerprint density at radius 1 is 1.06 bits per heavy atom. The number of pyridine rings is 1. The molecule has 0 saturated heterocycles. The van der Waals surface area contributed by atoms with Gasteiger partial charge in [-0.2, -0.15) is 0 Å². The summed E-state index contributed by atoms with van der Waals surface area (Å²) in [6, 6.07) is 9.29. The van der Waals surface area contributed by atoms with Gasteiger partial charge in [0, 0.05) is 11.9 Å². The molecular formula is C12H12N2O2S. The van der Waals surface area contributed by atoms with E-state index in [2.05, 4.69) is 4.98 Å². The van der Waals surface area contributed by atoms with Gasteiger partial charge in [0.1, 0.15) is 0 Å². The highest BCUT2D eigenvalue weighted by atomic mass is 32.2. The van der Waals surface area contributed by atoms with E-state index in [1.807, 2.05) is 6.92 Å². The van der Waals surface area contributed by atoms with E-state index in [9.17, 15) is 8.42 Å². The SMILES string of the molecule is Cc1ccc(S(=O)(=O)c2ccc(N)cc2)nc1. The van der Waals surface area contributed by atoms with Crippen LogP contribution in [0.25, 0.3) is 0 Å². The smallest absolute Gasteiger partial charge is 0.223 e. The third-order valence-electron chi connectivity index (χ3n) is 2.35. The predicted molar refractivity (Wildman–Crippen MR) is 65.3 cm³/mol. The van der Waals surface area contributed by atoms with Gasteiger partial charge in [-0.15, -0.1) is 0 Å². The number of rotatable bonds is 2. The number of nitrogens with zero attached hydrogens (tertiary/aromatic N) is 1. The molecule has 5 heteroatoms. The van der Waals surface area contributed by atoms with Crippen molar-refractivity contribution in [1.29, 1.82) is 0 Å². The van der Waals surface area contributed by atoms with E-state index in [-0.39, 0.29) is 9.92 Å². The Labute approximate surface area is 100 Å². The predicted octanol–water partition coefficient (Wildman–Crippen LogP) is 1.81. The minimum atomic E-state index is -3.54. The van der Waals surface area contributed by atoms with Crippen LogP contribution >= 0.6 is 0 Å². The van der Waals surface area contributed by atoms with Gasteiger partial charge in [-0.1, -0.05) is 6.07 Å². The van der Waals surface area contributed by atoms with E-state index < -0.39 is 9.84 Å². The van der Waals surface area contributed by atoms with Crippen molar-refractivity contribution in [3.8, 4) is 0 Å². The highest BCUT2D eigenvalue weighted by Gasteiger charge is 2.18. The van der Waals surface area contributed by atoms with Gasteiger partial charge in [0.25, 0.3) is 0 Å². The lowest BCUT2D eigenvalue weighted by Crippen LogP contribution is -2.04. The maximum atomic E-state index is 12.2. The van der Waals surface area contributed by atoms with Crippen LogP contribution < -0.4 is 5.73 Å². The number of hydrogen-bond acceptors (Lipinski definition) is 4. The van der Waals surface area contributed by atoms with E-state index >= 15 is 0 Å². The van der Waals surface area contributed by atoms with Crippen LogP contribution in [-0.4, -0.2) is 13.4 Å². The van der Waals surface area contributed by atoms with E-state index in [1.54, 1.807) is 18.2 Å². The molecule has 1 aromatic carbocycles. The molecule has 0 spiro atoms. The number of aromatic nitrogens is 1. The molecule has 0 fully saturated rings. The number of anilines is 1. The van der Waals surface area contributed by atoms with Crippen LogP contribution in [0.3, 0.4) is 0 Å². The van der Waals surface area contributed by atoms with E-state index in [4.69, 9.17) is 5.73 Å². The largest absolute Gasteiger partial charge is 0.399 e. The molecule has 1 heterocycles. The fourth-order valence-corrected chi connectivity index (χ4v) is 2.56. The molecule has 0 aliphatic rings. The maximum Gasteiger partial charge on any atom is 0.223 e. The van der Waals surface area contributed by atoms with Gasteiger partial charge in [-0.3, -0.25) is 0 Å². The summed E-state index contributed by atoms with van der Waals surface area (Å²) in [7, 11) is -3.54. The minimum Gasteiger partial charge on any atom is -0.399 e. The van der Waals surface area contributed by atoms with Gasteiger partial charge < -0.3 is 5.73 Å². The van der Waals surface area contributed by atoms with Crippen molar-refractivity contribution >= 4 is 15.5 Å². The monoisotopic (exact) mass is 248 g/mol. The first-order chi connectivity index (χ1) is 8.00. The summed E-state index contributed by atoms with van der Waals surface area (Å²) in [5, 5.41) is 0.0490. The zero-order chi connectivity index (χ0) is 12.5. The summed E-state index contributed by atoms with van der Waals surface area (Å²) >= 11 is 0. The van der Waals surface area contributed by atoms with Crippen molar-refractivity contribution in [3.05, 3.63) is 48.2 Å². The molecule has 0 amide bonds. The summed E-state index contributed by atoms with van der Waals surface area (Å²) in [4.78, 5) is 4.13. The zero-order valence-electron chi connectivity index (χ0n) is 9.29. The molecule has 0 atom stereocenters. The number of sulfone groups is 1. The lowest BCUT2D eigenvalue weighted by Gasteiger charge is -2.04. The second kappa shape index (κ2) is 4.18. The number of benzene rings is 1. The Hall–Kier alpha value is -1.88. The van der Waals surface area contributed by atoms with Crippen LogP contribution in [0, 0.1) is 6.92 Å². The lowest BCUT2D eigenvalue weighted by molar-refractivity contribution is 0.592. The van der Waals surface area contributed by atoms with Crippen LogP contribution in [0.1, 0.15) is 5.56 Å². The van der Waals surface area contributed by atoms with E-state index in [0.29, 0.717) is 5.69 Å². The number of hydrogen-bond donors (Lipinski definition) is 1. The molecule has 0 unspecified atom stereocenters.